The van der Waals surface area contributed by atoms with Gasteiger partial charge >= 0.3 is 5.97 Å². The summed E-state index contributed by atoms with van der Waals surface area (Å²) < 4.78 is 6.98. The minimum atomic E-state index is -1.10. The van der Waals surface area contributed by atoms with E-state index < -0.39 is 17.9 Å². The Bertz CT molecular complexity index is 1260. The van der Waals surface area contributed by atoms with Gasteiger partial charge in [0.1, 0.15) is 12.1 Å². The number of carbonyl (C=O) groups is 2. The number of carbonyl (C=O) groups excluding carboxylic acids is 1. The summed E-state index contributed by atoms with van der Waals surface area (Å²) in [6, 6.07) is 8.50. The van der Waals surface area contributed by atoms with Gasteiger partial charge in [-0.15, -0.1) is 10.2 Å². The monoisotopic (exact) mass is 488 g/mol. The van der Waals surface area contributed by atoms with Gasteiger partial charge in [0.15, 0.2) is 11.9 Å². The van der Waals surface area contributed by atoms with Gasteiger partial charge < -0.3 is 15.6 Å². The molecule has 1 unspecified atom stereocenters. The van der Waals surface area contributed by atoms with Crippen molar-refractivity contribution in [1.82, 2.24) is 19.8 Å². The van der Waals surface area contributed by atoms with E-state index in [1.807, 2.05) is 0 Å². The molecule has 4 rings (SSSR count). The second-order valence-corrected chi connectivity index (χ2v) is 7.92. The molecule has 0 fully saturated rings. The van der Waals surface area contributed by atoms with Gasteiger partial charge in [-0.05, 0) is 35.9 Å². The molecule has 0 saturated carbocycles. The van der Waals surface area contributed by atoms with E-state index in [4.69, 9.17) is 33.7 Å². The molecule has 1 amide bonds. The van der Waals surface area contributed by atoms with Gasteiger partial charge in [0.05, 0.1) is 18.4 Å². The molecule has 170 valence electrons. The topological polar surface area (TPSA) is 136 Å². The quantitative estimate of drug-likeness (QED) is 0.461. The average Bonchev–Trinajstić information content (AvgIpc) is 3.25. The zero-order valence-corrected chi connectivity index (χ0v) is 18.7. The van der Waals surface area contributed by atoms with Crippen LogP contribution >= 0.6 is 23.2 Å². The summed E-state index contributed by atoms with van der Waals surface area (Å²) in [6.07, 6.45) is 3.44. The predicted molar refractivity (Wildman–Crippen MR) is 122 cm³/mol. The van der Waals surface area contributed by atoms with Crippen LogP contribution in [0.4, 0.5) is 5.69 Å². The van der Waals surface area contributed by atoms with Crippen molar-refractivity contribution in [1.29, 1.82) is 0 Å². The van der Waals surface area contributed by atoms with E-state index in [0.29, 0.717) is 33.4 Å². The number of nitrogens with two attached hydrogens (primary N) is 1. The number of benzene rings is 2. The number of aromatic nitrogens is 3. The third-order valence-corrected chi connectivity index (χ3v) is 5.79. The van der Waals surface area contributed by atoms with Crippen LogP contribution < -0.4 is 15.9 Å². The van der Waals surface area contributed by atoms with Crippen molar-refractivity contribution in [3.05, 3.63) is 75.9 Å². The highest BCUT2D eigenvalue weighted by Crippen LogP contribution is 2.35. The first-order valence-corrected chi connectivity index (χ1v) is 10.3. The van der Waals surface area contributed by atoms with Gasteiger partial charge in [0.25, 0.3) is 0 Å². The number of hydrogen-bond donors (Lipinski definition) is 3. The standard InChI is InChI=1S/C21H18Cl2N6O4/c1-33-17-7-11(21(31)32)5-6-16(17)27-29-9-12(8-13-14(22)3-2-4-15(13)23)28-10-25-26-20(28)18(29)19(24)30/h2-7,9-10,18,27H,8H2,1H3,(H2,24,30)(H,31,32). The van der Waals surface area contributed by atoms with Crippen molar-refractivity contribution in [3.63, 3.8) is 0 Å². The highest BCUT2D eigenvalue weighted by molar-refractivity contribution is 6.36. The SMILES string of the molecule is COc1cc(C(=O)O)ccc1NN1C=C(Cc2c(Cl)cccc2Cl)n2cnnc2C1C(N)=O. The minimum absolute atomic E-state index is 0.0480. The van der Waals surface area contributed by atoms with E-state index in [1.165, 1.54) is 36.6 Å². The maximum Gasteiger partial charge on any atom is 0.335 e. The van der Waals surface area contributed by atoms with Crippen LogP contribution in [-0.4, -0.2) is 43.9 Å². The first-order valence-electron chi connectivity index (χ1n) is 9.59. The fraction of sp³-hybridized carbons (Fsp3) is 0.143. The first kappa shape index (κ1) is 22.4. The molecule has 0 bridgehead atoms. The number of anilines is 1. The molecule has 0 saturated heterocycles. The molecule has 33 heavy (non-hydrogen) atoms. The largest absolute Gasteiger partial charge is 0.494 e. The lowest BCUT2D eigenvalue weighted by molar-refractivity contribution is -0.122. The normalized spacial score (nSPS) is 14.9. The Morgan fingerprint density at radius 1 is 1.24 bits per heavy atom. The summed E-state index contributed by atoms with van der Waals surface area (Å²) in [5.74, 6) is -1.23. The van der Waals surface area contributed by atoms with Gasteiger partial charge in [0, 0.05) is 28.4 Å². The van der Waals surface area contributed by atoms with E-state index in [2.05, 4.69) is 15.6 Å². The Morgan fingerprint density at radius 2 is 1.97 bits per heavy atom. The second-order valence-electron chi connectivity index (χ2n) is 7.10. The van der Waals surface area contributed by atoms with Crippen molar-refractivity contribution < 1.29 is 19.4 Å². The fourth-order valence-electron chi connectivity index (χ4n) is 3.50. The first-order chi connectivity index (χ1) is 15.8. The van der Waals surface area contributed by atoms with E-state index in [1.54, 1.807) is 29.0 Å². The molecule has 1 aromatic heterocycles. The van der Waals surface area contributed by atoms with Gasteiger partial charge in [-0.3, -0.25) is 19.8 Å². The van der Waals surface area contributed by atoms with E-state index in [-0.39, 0.29) is 17.1 Å². The number of nitrogens with one attached hydrogen (secondary N) is 1. The van der Waals surface area contributed by atoms with Gasteiger partial charge in [0.2, 0.25) is 5.91 Å². The Morgan fingerprint density at radius 3 is 2.61 bits per heavy atom. The number of primary amides is 1. The molecule has 1 aliphatic rings. The molecule has 4 N–H and O–H groups in total. The summed E-state index contributed by atoms with van der Waals surface area (Å²) in [5.41, 5.74) is 10.6. The summed E-state index contributed by atoms with van der Waals surface area (Å²) in [5, 5.41) is 19.7. The van der Waals surface area contributed by atoms with Crippen LogP contribution in [-0.2, 0) is 11.2 Å². The summed E-state index contributed by atoms with van der Waals surface area (Å²) >= 11 is 12.7. The van der Waals surface area contributed by atoms with Crippen molar-refractivity contribution >= 4 is 46.5 Å². The summed E-state index contributed by atoms with van der Waals surface area (Å²) in [4.78, 5) is 23.7. The van der Waals surface area contributed by atoms with E-state index in [9.17, 15) is 14.7 Å². The number of methoxy groups -OCH3 is 1. The van der Waals surface area contributed by atoms with Crippen LogP contribution in [0.3, 0.4) is 0 Å². The number of allylic oxidation sites excluding steroid dienone is 1. The molecule has 0 aliphatic carbocycles. The maximum atomic E-state index is 12.4. The Balaban J connectivity index is 1.77. The van der Waals surface area contributed by atoms with Crippen molar-refractivity contribution in [3.8, 4) is 5.75 Å². The maximum absolute atomic E-state index is 12.4. The van der Waals surface area contributed by atoms with Crippen molar-refractivity contribution in [2.45, 2.75) is 12.5 Å². The average molecular weight is 489 g/mol. The molecule has 1 atom stereocenters. The predicted octanol–water partition coefficient (Wildman–Crippen LogP) is 3.20. The zero-order chi connectivity index (χ0) is 23.7. The van der Waals surface area contributed by atoms with E-state index >= 15 is 0 Å². The number of amides is 1. The Labute approximate surface area is 198 Å². The van der Waals surface area contributed by atoms with E-state index in [0.717, 1.165) is 0 Å². The molecule has 0 spiro atoms. The number of rotatable bonds is 7. The lowest BCUT2D eigenvalue weighted by Gasteiger charge is -2.34. The fourth-order valence-corrected chi connectivity index (χ4v) is 4.03. The van der Waals surface area contributed by atoms with Gasteiger partial charge in [-0.25, -0.2) is 4.79 Å². The molecular formula is C21H18Cl2N6O4. The summed E-state index contributed by atoms with van der Waals surface area (Å²) in [7, 11) is 1.41. The lowest BCUT2D eigenvalue weighted by Crippen LogP contribution is -2.42. The van der Waals surface area contributed by atoms with Crippen LogP contribution in [0.2, 0.25) is 10.0 Å². The van der Waals surface area contributed by atoms with Crippen LogP contribution in [0.15, 0.2) is 48.9 Å². The zero-order valence-electron chi connectivity index (χ0n) is 17.2. The molecule has 1 aliphatic heterocycles. The molecule has 12 heteroatoms. The number of aromatic carboxylic acids is 1. The number of halogens is 2. The third-order valence-electron chi connectivity index (χ3n) is 5.08. The molecule has 2 aromatic carbocycles. The third kappa shape index (κ3) is 4.30. The minimum Gasteiger partial charge on any atom is -0.494 e. The molecule has 10 nitrogen and oxygen atoms in total. The van der Waals surface area contributed by atoms with Crippen LogP contribution in [0.1, 0.15) is 27.8 Å². The van der Waals surface area contributed by atoms with Gasteiger partial charge in [-0.1, -0.05) is 29.3 Å². The Kier molecular flexibility index (Phi) is 6.12. The van der Waals surface area contributed by atoms with Gasteiger partial charge in [-0.2, -0.15) is 0 Å². The van der Waals surface area contributed by atoms with Crippen molar-refractivity contribution in [2.75, 3.05) is 12.5 Å². The van der Waals surface area contributed by atoms with Crippen LogP contribution in [0.5, 0.6) is 5.75 Å². The van der Waals surface area contributed by atoms with Crippen LogP contribution in [0.25, 0.3) is 5.70 Å². The molecular weight excluding hydrogens is 471 g/mol. The number of hydrogen-bond acceptors (Lipinski definition) is 7. The smallest absolute Gasteiger partial charge is 0.335 e. The van der Waals surface area contributed by atoms with Crippen LogP contribution in [0, 0.1) is 0 Å². The van der Waals surface area contributed by atoms with Crippen molar-refractivity contribution in [2.24, 2.45) is 5.73 Å². The number of carboxylic acid groups (broad SMARTS) is 1. The summed E-state index contributed by atoms with van der Waals surface area (Å²) in [6.45, 7) is 0. The number of carboxylic acids is 1. The lowest BCUT2D eigenvalue weighted by atomic mass is 10.1. The molecule has 2 heterocycles. The second kappa shape index (κ2) is 9.00. The number of nitrogens with zero attached hydrogens (tertiary/aromatic N) is 4. The number of fused-ring (bicyclic) bond motifs is 1. The number of hydrazine groups is 1. The molecule has 3 aromatic rings. The number of ether oxygens (including phenoxy) is 1. The highest BCUT2D eigenvalue weighted by Gasteiger charge is 2.35. The Hall–Kier alpha value is -3.76. The molecule has 0 radical (unpaired) electrons. The highest BCUT2D eigenvalue weighted by atomic mass is 35.5.